The van der Waals surface area contributed by atoms with E-state index in [0.717, 1.165) is 80.1 Å². The number of anilines is 1. The molecule has 2 N–H and O–H groups in total. The van der Waals surface area contributed by atoms with Crippen LogP contribution in [0.2, 0.25) is 5.02 Å². The number of halogens is 1. The van der Waals surface area contributed by atoms with Crippen LogP contribution in [-0.4, -0.2) is 66.1 Å². The Kier molecular flexibility index (Phi) is 10.7. The van der Waals surface area contributed by atoms with Crippen molar-refractivity contribution in [3.63, 3.8) is 0 Å². The van der Waals surface area contributed by atoms with Crippen LogP contribution in [0.5, 0.6) is 5.75 Å². The summed E-state index contributed by atoms with van der Waals surface area (Å²) in [5, 5.41) is 12.5. The van der Waals surface area contributed by atoms with E-state index in [1.807, 2.05) is 35.7 Å². The molecular weight excluding hydrogens is 672 g/mol. The molecule has 0 aromatic heterocycles. The van der Waals surface area contributed by atoms with Crippen LogP contribution >= 0.6 is 35.1 Å². The number of aliphatic hydroxyl groups is 1. The van der Waals surface area contributed by atoms with Crippen molar-refractivity contribution >= 4 is 56.7 Å². The Morgan fingerprint density at radius 1 is 1.17 bits per heavy atom. The molecule has 11 heteroatoms. The molecule has 2 aliphatic carbocycles. The number of hydrogen-bond donors (Lipinski definition) is 2. The van der Waals surface area contributed by atoms with Crippen LogP contribution in [0.15, 0.2) is 36.4 Å². The second-order valence-corrected chi connectivity index (χ2v) is 19.7. The van der Waals surface area contributed by atoms with Gasteiger partial charge in [0.05, 0.1) is 27.7 Å². The molecule has 4 atom stereocenters. The molecule has 0 unspecified atom stereocenters. The molecule has 1 saturated carbocycles. The Bertz CT molecular complexity index is 1570. The minimum atomic E-state index is -3.79. The van der Waals surface area contributed by atoms with E-state index in [4.69, 9.17) is 16.3 Å². The van der Waals surface area contributed by atoms with Gasteiger partial charge >= 0.3 is 0 Å². The summed E-state index contributed by atoms with van der Waals surface area (Å²) in [6.45, 7) is 7.24. The third-order valence-corrected chi connectivity index (χ3v) is 16.1. The van der Waals surface area contributed by atoms with E-state index in [9.17, 15) is 18.3 Å². The van der Waals surface area contributed by atoms with Gasteiger partial charge in [-0.2, -0.15) is 0 Å². The second-order valence-electron chi connectivity index (χ2n) is 14.3. The van der Waals surface area contributed by atoms with Crippen molar-refractivity contribution in [1.29, 1.82) is 0 Å². The van der Waals surface area contributed by atoms with Gasteiger partial charge in [0, 0.05) is 29.1 Å². The fourth-order valence-electron chi connectivity index (χ4n) is 8.00. The molecule has 4 aliphatic rings. The van der Waals surface area contributed by atoms with E-state index in [1.165, 1.54) is 17.5 Å². The Morgan fingerprint density at radius 2 is 1.96 bits per heavy atom. The summed E-state index contributed by atoms with van der Waals surface area (Å²) < 4.78 is 34.3. The molecule has 2 aromatic carbocycles. The third-order valence-electron chi connectivity index (χ3n) is 10.8. The molecule has 2 aliphatic heterocycles. The summed E-state index contributed by atoms with van der Waals surface area (Å²) in [7, 11) is -3.79. The quantitative estimate of drug-likeness (QED) is 0.262. The summed E-state index contributed by atoms with van der Waals surface area (Å²) in [5.41, 5.74) is 2.63. The largest absolute Gasteiger partial charge is 0.490 e. The zero-order chi connectivity index (χ0) is 33.4. The number of carbonyl (C=O) groups excluding carboxylic acids is 1. The molecule has 47 heavy (non-hydrogen) atoms. The molecule has 0 radical (unpaired) electrons. The smallest absolute Gasteiger partial charge is 0.264 e. The molecule has 2 fully saturated rings. The fraction of sp³-hybridized carbons (Fsp3) is 0.639. The zero-order valence-corrected chi connectivity index (χ0v) is 31.0. The molecule has 1 saturated heterocycles. The minimum absolute atomic E-state index is 0.190. The number of benzene rings is 2. The molecule has 1 amide bonds. The maximum atomic E-state index is 13.3. The Hall–Kier alpha value is -1.59. The van der Waals surface area contributed by atoms with Crippen molar-refractivity contribution in [1.82, 2.24) is 4.72 Å². The number of unbranched alkanes of at least 4 members (excludes halogenated alkanes) is 1. The first-order valence-corrected chi connectivity index (χ1v) is 21.3. The molecule has 6 rings (SSSR count). The standard InChI is InChI=1S/C36H49ClN2O5S3/c1-4-5-16-36(41,34-45-17-7-18-46-34)30-12-9-27(30)21-39-22-35(15-6-8-25-19-28(37)11-13-29(25)35)23-44-32-14-10-26(20-31(32)39)33(40)38-47(42,43)24(2)3/h10-11,13-14,19-20,24,27,30,34,41H,4-9,12,15-18,21-23H2,1-3H3,(H,38,40)/t27-,30+,35-,36-/m0/s1. The first-order valence-electron chi connectivity index (χ1n) is 17.3. The summed E-state index contributed by atoms with van der Waals surface area (Å²) in [6, 6.07) is 11.5. The highest BCUT2D eigenvalue weighted by molar-refractivity contribution is 8.17. The molecular formula is C36H49ClN2O5S3. The van der Waals surface area contributed by atoms with Crippen LogP contribution in [0.25, 0.3) is 0 Å². The van der Waals surface area contributed by atoms with E-state index in [0.29, 0.717) is 18.9 Å². The lowest BCUT2D eigenvalue weighted by atomic mass is 9.63. The van der Waals surface area contributed by atoms with Crippen LogP contribution in [0.1, 0.15) is 93.6 Å². The van der Waals surface area contributed by atoms with E-state index < -0.39 is 26.8 Å². The lowest BCUT2D eigenvalue weighted by molar-refractivity contribution is -0.0759. The summed E-state index contributed by atoms with van der Waals surface area (Å²) in [6.07, 6.45) is 9.11. The predicted molar refractivity (Wildman–Crippen MR) is 196 cm³/mol. The first-order chi connectivity index (χ1) is 22.5. The topological polar surface area (TPSA) is 95.9 Å². The van der Waals surface area contributed by atoms with Crippen molar-refractivity contribution in [2.45, 2.75) is 99.4 Å². The normalized spacial score (nSPS) is 26.0. The van der Waals surface area contributed by atoms with Crippen molar-refractivity contribution < 1.29 is 23.1 Å². The summed E-state index contributed by atoms with van der Waals surface area (Å²) in [5.74, 6) is 2.74. The SMILES string of the molecule is CCCC[C@@](O)(C1SCCCS1)[C@@H]1CC[C@H]1CN1C[C@@]2(CCCc3cc(Cl)ccc32)COc2ccc(C(=O)NS(=O)(=O)C(C)C)cc21. The number of amides is 1. The Labute approximate surface area is 294 Å². The maximum Gasteiger partial charge on any atom is 0.264 e. The number of nitrogens with zero attached hydrogens (tertiary/aromatic N) is 1. The van der Waals surface area contributed by atoms with Crippen LogP contribution in [-0.2, 0) is 21.9 Å². The third kappa shape index (κ3) is 7.19. The Morgan fingerprint density at radius 3 is 2.66 bits per heavy atom. The number of carbonyl (C=O) groups is 1. The average Bonchev–Trinajstić information content (AvgIpc) is 3.19. The number of rotatable bonds is 10. The van der Waals surface area contributed by atoms with Crippen LogP contribution in [0, 0.1) is 11.8 Å². The second kappa shape index (κ2) is 14.3. The molecule has 1 spiro atoms. The van der Waals surface area contributed by atoms with Crippen LogP contribution in [0.4, 0.5) is 5.69 Å². The van der Waals surface area contributed by atoms with E-state index in [1.54, 1.807) is 26.0 Å². The lowest BCUT2D eigenvalue weighted by Gasteiger charge is -2.53. The highest BCUT2D eigenvalue weighted by Gasteiger charge is 2.52. The van der Waals surface area contributed by atoms with Gasteiger partial charge in [0.15, 0.2) is 0 Å². The number of thioether (sulfide) groups is 2. The predicted octanol–water partition coefficient (Wildman–Crippen LogP) is 7.42. The number of sulfonamides is 1. The van der Waals surface area contributed by atoms with Crippen molar-refractivity contribution in [3.8, 4) is 5.75 Å². The van der Waals surface area contributed by atoms with Gasteiger partial charge in [0.1, 0.15) is 5.75 Å². The first kappa shape index (κ1) is 35.2. The van der Waals surface area contributed by atoms with Crippen molar-refractivity contribution in [2.24, 2.45) is 11.8 Å². The monoisotopic (exact) mass is 720 g/mol. The highest BCUT2D eigenvalue weighted by atomic mass is 35.5. The van der Waals surface area contributed by atoms with Gasteiger partial charge in [-0.3, -0.25) is 4.79 Å². The van der Waals surface area contributed by atoms with Gasteiger partial charge in [-0.1, -0.05) is 37.4 Å². The molecule has 2 heterocycles. The summed E-state index contributed by atoms with van der Waals surface area (Å²) >= 11 is 10.3. The number of ether oxygens (including phenoxy) is 1. The highest BCUT2D eigenvalue weighted by Crippen LogP contribution is 2.53. The zero-order valence-electron chi connectivity index (χ0n) is 27.8. The fourth-order valence-corrected chi connectivity index (χ4v) is 12.2. The maximum absolute atomic E-state index is 13.3. The van der Waals surface area contributed by atoms with Gasteiger partial charge in [-0.25, -0.2) is 13.1 Å². The van der Waals surface area contributed by atoms with Crippen molar-refractivity contribution in [2.75, 3.05) is 36.1 Å². The van der Waals surface area contributed by atoms with Crippen LogP contribution < -0.4 is 14.4 Å². The molecule has 2 aromatic rings. The minimum Gasteiger partial charge on any atom is -0.490 e. The number of aryl methyl sites for hydroxylation is 1. The van der Waals surface area contributed by atoms with E-state index in [-0.39, 0.29) is 27.4 Å². The van der Waals surface area contributed by atoms with E-state index in [2.05, 4.69) is 28.7 Å². The van der Waals surface area contributed by atoms with Gasteiger partial charge < -0.3 is 14.7 Å². The summed E-state index contributed by atoms with van der Waals surface area (Å²) in [4.78, 5) is 15.7. The van der Waals surface area contributed by atoms with Gasteiger partial charge in [-0.05, 0) is 124 Å². The number of fused-ring (bicyclic) bond motifs is 3. The molecule has 0 bridgehead atoms. The van der Waals surface area contributed by atoms with Crippen LogP contribution in [0.3, 0.4) is 0 Å². The van der Waals surface area contributed by atoms with Crippen molar-refractivity contribution in [3.05, 3.63) is 58.1 Å². The van der Waals surface area contributed by atoms with Gasteiger partial charge in [0.2, 0.25) is 10.0 Å². The number of nitrogens with one attached hydrogen (secondary N) is 1. The van der Waals surface area contributed by atoms with Gasteiger partial charge in [0.25, 0.3) is 5.91 Å². The lowest BCUT2D eigenvalue weighted by Crippen LogP contribution is -2.56. The number of hydrogen-bond acceptors (Lipinski definition) is 8. The Balaban J connectivity index is 1.36. The molecule has 258 valence electrons. The van der Waals surface area contributed by atoms with Gasteiger partial charge in [-0.15, -0.1) is 23.5 Å². The average molecular weight is 721 g/mol. The van der Waals surface area contributed by atoms with E-state index >= 15 is 0 Å². The molecule has 7 nitrogen and oxygen atoms in total.